The number of aliphatic hydroxyl groups excluding tert-OH is 3. The molecule has 1 aliphatic rings. The van der Waals surface area contributed by atoms with Crippen LogP contribution in [-0.4, -0.2) is 54.7 Å². The number of nitrogens with zero attached hydrogens (tertiary/aromatic N) is 3. The normalized spacial score (nSPS) is 20.9. The molecular formula is C27H31ClN6O4. The third-order valence-electron chi connectivity index (χ3n) is 6.83. The van der Waals surface area contributed by atoms with Crippen molar-refractivity contribution in [3.05, 3.63) is 71.3 Å². The summed E-state index contributed by atoms with van der Waals surface area (Å²) in [6, 6.07) is 14.5. The average Bonchev–Trinajstić information content (AvgIpc) is 3.16. The lowest BCUT2D eigenvalue weighted by Gasteiger charge is -2.18. The maximum Gasteiger partial charge on any atom is 0.396 e. The van der Waals surface area contributed by atoms with Crippen LogP contribution in [0.4, 0.5) is 17.5 Å². The van der Waals surface area contributed by atoms with Gasteiger partial charge in [0.1, 0.15) is 11.8 Å². The Morgan fingerprint density at radius 2 is 1.89 bits per heavy atom. The van der Waals surface area contributed by atoms with Crippen molar-refractivity contribution in [2.45, 2.75) is 44.6 Å². The molecule has 4 aromatic rings. The summed E-state index contributed by atoms with van der Waals surface area (Å²) >= 11 is 0. The van der Waals surface area contributed by atoms with Gasteiger partial charge in [-0.25, -0.2) is 15.3 Å². The van der Waals surface area contributed by atoms with E-state index in [2.05, 4.69) is 15.6 Å². The molecular weight excluding hydrogens is 508 g/mol. The smallest absolute Gasteiger partial charge is 0.396 e. The summed E-state index contributed by atoms with van der Waals surface area (Å²) in [5.41, 5.74) is 2.61. The third kappa shape index (κ3) is 5.48. The van der Waals surface area contributed by atoms with E-state index < -0.39 is 24.2 Å². The Labute approximate surface area is 225 Å². The lowest BCUT2D eigenvalue weighted by atomic mass is 10.1. The fourth-order valence-electron chi connectivity index (χ4n) is 4.75. The molecule has 10 nitrogen and oxygen atoms in total. The number of aromatic nitrogens is 4. The summed E-state index contributed by atoms with van der Waals surface area (Å²) < 4.78 is 1.63. The molecule has 0 bridgehead atoms. The van der Waals surface area contributed by atoms with E-state index in [9.17, 15) is 20.1 Å². The minimum absolute atomic E-state index is 0. The average molecular weight is 539 g/mol. The molecule has 1 aromatic carbocycles. The maximum atomic E-state index is 12.4. The zero-order chi connectivity index (χ0) is 26.1. The first kappa shape index (κ1) is 27.5. The Morgan fingerprint density at radius 3 is 2.61 bits per heavy atom. The van der Waals surface area contributed by atoms with Crippen molar-refractivity contribution in [2.75, 3.05) is 17.2 Å². The molecule has 0 spiro atoms. The minimum atomic E-state index is -1.07. The Kier molecular flexibility index (Phi) is 8.27. The lowest BCUT2D eigenvalue weighted by molar-refractivity contribution is -0.363. The molecule has 1 saturated carbocycles. The van der Waals surface area contributed by atoms with Crippen molar-refractivity contribution in [3.63, 3.8) is 0 Å². The van der Waals surface area contributed by atoms with Gasteiger partial charge in [-0.15, -0.1) is 0 Å². The standard InChI is InChI=1S/C27H30N6O4.ClH/c1-15(2)33-10-9-18(12-23(33)35)29-27-28-13-19(21-8-7-16-5-3-4-6-20(16)30-21)26(32-27)31-22-11-17(14-34)24(36)25(22)37;/h3-10,12-13,15,17,22,24-25,34,36-37H,11,14H2,1-2H3,(H2,28,29,31,32);1H/t17-,22-,24-,25+;/m1./s1. The number of rotatable bonds is 7. The molecule has 11 heteroatoms. The first-order valence-electron chi connectivity index (χ1n) is 12.4. The molecule has 3 aromatic heterocycles. The predicted octanol–water partition coefficient (Wildman–Crippen LogP) is -0.884. The number of benzene rings is 1. The Morgan fingerprint density at radius 1 is 1.11 bits per heavy atom. The summed E-state index contributed by atoms with van der Waals surface area (Å²) in [6.07, 6.45) is 1.75. The molecule has 38 heavy (non-hydrogen) atoms. The second-order valence-corrected chi connectivity index (χ2v) is 9.69. The molecule has 6 N–H and O–H groups in total. The van der Waals surface area contributed by atoms with E-state index in [-0.39, 0.29) is 30.6 Å². The van der Waals surface area contributed by atoms with Crippen molar-refractivity contribution in [1.29, 1.82) is 0 Å². The quantitative estimate of drug-likeness (QED) is 0.204. The first-order chi connectivity index (χ1) is 17.8. The number of H-pyrrole nitrogens is 1. The fourth-order valence-corrected chi connectivity index (χ4v) is 4.75. The number of nitrogens with one attached hydrogen (secondary N) is 3. The van der Waals surface area contributed by atoms with E-state index in [1.807, 2.05) is 50.2 Å². The topological polar surface area (TPSA) is 147 Å². The number of hydrogen-bond donors (Lipinski definition) is 5. The summed E-state index contributed by atoms with van der Waals surface area (Å²) in [7, 11) is 0. The molecule has 1 fully saturated rings. The second-order valence-electron chi connectivity index (χ2n) is 9.69. The number of anilines is 3. The molecule has 1 aliphatic carbocycles. The first-order valence-corrected chi connectivity index (χ1v) is 12.4. The van der Waals surface area contributed by atoms with Gasteiger partial charge in [-0.2, -0.15) is 0 Å². The van der Waals surface area contributed by atoms with Gasteiger partial charge >= 0.3 is 5.95 Å². The zero-order valence-corrected chi connectivity index (χ0v) is 21.8. The van der Waals surface area contributed by atoms with Crippen LogP contribution in [0.3, 0.4) is 0 Å². The van der Waals surface area contributed by atoms with E-state index in [0.29, 0.717) is 35.1 Å². The summed E-state index contributed by atoms with van der Waals surface area (Å²) in [5.74, 6) is 0.380. The molecule has 4 atom stereocenters. The van der Waals surface area contributed by atoms with Crippen molar-refractivity contribution in [3.8, 4) is 11.3 Å². The molecule has 3 heterocycles. The van der Waals surface area contributed by atoms with Gasteiger partial charge in [0.15, 0.2) is 0 Å². The minimum Gasteiger partial charge on any atom is -1.00 e. The van der Waals surface area contributed by atoms with Crippen LogP contribution >= 0.6 is 0 Å². The summed E-state index contributed by atoms with van der Waals surface area (Å²) in [5, 5.41) is 37.9. The highest BCUT2D eigenvalue weighted by atomic mass is 35.5. The highest BCUT2D eigenvalue weighted by Gasteiger charge is 2.42. The summed E-state index contributed by atoms with van der Waals surface area (Å²) in [4.78, 5) is 25.1. The van der Waals surface area contributed by atoms with Gasteiger partial charge in [-0.1, -0.05) is 29.2 Å². The van der Waals surface area contributed by atoms with Gasteiger partial charge in [0, 0.05) is 36.2 Å². The van der Waals surface area contributed by atoms with Gasteiger partial charge in [0.25, 0.3) is 5.56 Å². The maximum absolute atomic E-state index is 12.4. The number of pyridine rings is 2. The number of aromatic amines is 1. The number of hydrogen-bond acceptors (Lipinski definition) is 8. The van der Waals surface area contributed by atoms with Crippen LogP contribution in [0.5, 0.6) is 0 Å². The predicted molar refractivity (Wildman–Crippen MR) is 141 cm³/mol. The SMILES string of the molecule is CC(C)n1ccc(Nc2nc(N[C@@H]3C[C@H](CO)[C@@H](O)[C@H]3O)c(-c3ccc4ccccc4n3)c[nH+]2)cc1=O.[Cl-]. The zero-order valence-electron chi connectivity index (χ0n) is 21.0. The van der Waals surface area contributed by atoms with Crippen molar-refractivity contribution in [2.24, 2.45) is 5.92 Å². The largest absolute Gasteiger partial charge is 1.00 e. The van der Waals surface area contributed by atoms with E-state index in [1.165, 1.54) is 6.07 Å². The molecule has 0 aliphatic heterocycles. The molecule has 200 valence electrons. The van der Waals surface area contributed by atoms with Crippen LogP contribution < -0.4 is 33.6 Å². The Hall–Kier alpha value is -3.57. The molecule has 0 saturated heterocycles. The third-order valence-corrected chi connectivity index (χ3v) is 6.83. The fraction of sp³-hybridized carbons (Fsp3) is 0.333. The van der Waals surface area contributed by atoms with Crippen LogP contribution in [0, 0.1) is 5.92 Å². The second kappa shape index (κ2) is 11.4. The van der Waals surface area contributed by atoms with E-state index in [1.54, 1.807) is 23.0 Å². The van der Waals surface area contributed by atoms with Crippen LogP contribution in [-0.2, 0) is 0 Å². The summed E-state index contributed by atoms with van der Waals surface area (Å²) in [6.45, 7) is 3.66. The van der Waals surface area contributed by atoms with Crippen molar-refractivity contribution in [1.82, 2.24) is 14.5 Å². The van der Waals surface area contributed by atoms with Crippen molar-refractivity contribution >= 4 is 28.4 Å². The molecule has 0 unspecified atom stereocenters. The monoisotopic (exact) mass is 538 g/mol. The van der Waals surface area contributed by atoms with Crippen LogP contribution in [0.1, 0.15) is 26.3 Å². The van der Waals surface area contributed by atoms with E-state index >= 15 is 0 Å². The van der Waals surface area contributed by atoms with Crippen LogP contribution in [0.2, 0.25) is 0 Å². The Balaban J connectivity index is 0.00000336. The Bertz CT molecular complexity index is 1480. The van der Waals surface area contributed by atoms with Crippen molar-refractivity contribution < 1.29 is 32.7 Å². The molecule has 0 radical (unpaired) electrons. The van der Waals surface area contributed by atoms with Gasteiger partial charge in [0.05, 0.1) is 35.1 Å². The van der Waals surface area contributed by atoms with Gasteiger partial charge in [0.2, 0.25) is 5.82 Å². The molecule has 0 amide bonds. The van der Waals surface area contributed by atoms with Crippen LogP contribution in [0.15, 0.2) is 65.7 Å². The highest BCUT2D eigenvalue weighted by molar-refractivity contribution is 5.83. The van der Waals surface area contributed by atoms with Crippen LogP contribution in [0.25, 0.3) is 22.2 Å². The number of aliphatic hydroxyl groups is 3. The van der Waals surface area contributed by atoms with Gasteiger partial charge < -0.3 is 37.6 Å². The lowest BCUT2D eigenvalue weighted by Crippen LogP contribution is -3.00. The van der Waals surface area contributed by atoms with Gasteiger partial charge in [-0.3, -0.25) is 4.79 Å². The van der Waals surface area contributed by atoms with E-state index in [4.69, 9.17) is 9.97 Å². The number of fused-ring (bicyclic) bond motifs is 1. The van der Waals surface area contributed by atoms with E-state index in [0.717, 1.165) is 10.9 Å². The highest BCUT2D eigenvalue weighted by Crippen LogP contribution is 2.32. The van der Waals surface area contributed by atoms with Gasteiger partial charge in [-0.05, 0) is 38.5 Å². The number of para-hydroxylation sites is 1. The molecule has 5 rings (SSSR count). The number of halogens is 1.